The van der Waals surface area contributed by atoms with E-state index in [0.717, 1.165) is 6.07 Å². The van der Waals surface area contributed by atoms with Gasteiger partial charge in [-0.15, -0.1) is 4.36 Å². The average Bonchev–Trinajstić information content (AvgIpc) is 2.99. The number of halogens is 3. The van der Waals surface area contributed by atoms with E-state index in [1.165, 1.54) is 48.9 Å². The Labute approximate surface area is 275 Å². The Bertz CT molecular complexity index is 2010. The number of carbonyl (C=O) groups is 1. The van der Waals surface area contributed by atoms with E-state index < -0.39 is 37.7 Å². The Balaban J connectivity index is 1.64. The summed E-state index contributed by atoms with van der Waals surface area (Å²) in [6.45, 7) is 3.16. The molecule has 0 aliphatic heterocycles. The summed E-state index contributed by atoms with van der Waals surface area (Å²) in [4.78, 5) is 20.6. The Kier molecular flexibility index (Phi) is 11.1. The van der Waals surface area contributed by atoms with Gasteiger partial charge in [0, 0.05) is 34.6 Å². The lowest BCUT2D eigenvalue weighted by atomic mass is 10.1. The van der Waals surface area contributed by atoms with Crippen LogP contribution in [0.15, 0.2) is 81.0 Å². The summed E-state index contributed by atoms with van der Waals surface area (Å²) in [6.07, 6.45) is 1.79. The highest BCUT2D eigenvalue weighted by Gasteiger charge is 2.22. The quantitative estimate of drug-likeness (QED) is 0.134. The lowest BCUT2D eigenvalue weighted by Gasteiger charge is -2.17. The van der Waals surface area contributed by atoms with E-state index in [1.807, 2.05) is 0 Å². The van der Waals surface area contributed by atoms with Crippen molar-refractivity contribution in [1.29, 1.82) is 0 Å². The Hall–Kier alpha value is -4.02. The van der Waals surface area contributed by atoms with Crippen LogP contribution < -0.4 is 15.4 Å². The first kappa shape index (κ1) is 34.8. The van der Waals surface area contributed by atoms with E-state index in [1.54, 1.807) is 32.0 Å². The zero-order chi connectivity index (χ0) is 33.6. The molecule has 1 amide bonds. The van der Waals surface area contributed by atoms with Gasteiger partial charge in [0.05, 0.1) is 38.7 Å². The molecule has 244 valence electrons. The van der Waals surface area contributed by atoms with Crippen molar-refractivity contribution in [3.8, 4) is 11.1 Å². The maximum absolute atomic E-state index is 15.3. The third kappa shape index (κ3) is 8.41. The number of rotatable bonds is 11. The fraction of sp³-hybridized carbons (Fsp3) is 0.207. The number of hydrogen-bond acceptors (Lipinski definition) is 10. The molecule has 0 bridgehead atoms. The molecule has 1 heterocycles. The monoisotopic (exact) mass is 710 g/mol. The fourth-order valence-electron chi connectivity index (χ4n) is 3.98. The predicted octanol–water partition coefficient (Wildman–Crippen LogP) is 6.54. The number of carbonyl (C=O) groups excluding carboxylic acids is 1. The largest absolute Gasteiger partial charge is 0.448 e. The molecule has 0 saturated carbocycles. The number of amides is 1. The molecule has 1 aromatic heterocycles. The summed E-state index contributed by atoms with van der Waals surface area (Å²) >= 11 is 12.0. The summed E-state index contributed by atoms with van der Waals surface area (Å²) in [5.41, 5.74) is 0.742. The molecule has 4 N–H and O–H groups in total. The Morgan fingerprint density at radius 2 is 1.85 bits per heavy atom. The number of aromatic nitrogens is 2. The van der Waals surface area contributed by atoms with Crippen LogP contribution in [-0.2, 0) is 24.5 Å². The second-order valence-corrected chi connectivity index (χ2v) is 14.5. The first-order valence-corrected chi connectivity index (χ1v) is 17.7. The van der Waals surface area contributed by atoms with Gasteiger partial charge < -0.3 is 20.5 Å². The summed E-state index contributed by atoms with van der Waals surface area (Å²) in [5, 5.41) is 15.5. The van der Waals surface area contributed by atoms with Gasteiger partial charge in [0.1, 0.15) is 16.5 Å². The summed E-state index contributed by atoms with van der Waals surface area (Å²) in [5.74, 6) is -0.567. The molecule has 2 atom stereocenters. The van der Waals surface area contributed by atoms with Gasteiger partial charge >= 0.3 is 6.09 Å². The number of aliphatic hydroxyl groups excluding tert-OH is 1. The third-order valence-corrected chi connectivity index (χ3v) is 10.2. The van der Waals surface area contributed by atoms with Gasteiger partial charge in [-0.2, -0.15) is 4.98 Å². The molecule has 0 saturated heterocycles. The molecule has 0 aliphatic carbocycles. The molecule has 17 heteroatoms. The third-order valence-electron chi connectivity index (χ3n) is 6.22. The second-order valence-electron chi connectivity index (χ2n) is 9.78. The SMILES string of the molecule is CCOC(=O)N=S(C)(=O)c1cccc(Nc2ncc(-c3ccc(NS(=O)(=O)c4cccc(Cl)c4Cl)c(F)c3)c(N[C@H](C)CO)n2)c1. The molecule has 46 heavy (non-hydrogen) atoms. The van der Waals surface area contributed by atoms with Crippen LogP contribution in [0.4, 0.5) is 32.3 Å². The number of aliphatic hydroxyl groups is 1. The van der Waals surface area contributed by atoms with Gasteiger partial charge in [-0.1, -0.05) is 41.4 Å². The molecular formula is C29H29Cl2FN6O6S2. The maximum atomic E-state index is 15.3. The molecule has 0 radical (unpaired) electrons. The van der Waals surface area contributed by atoms with Gasteiger partial charge in [-0.25, -0.2) is 26.8 Å². The van der Waals surface area contributed by atoms with Gasteiger partial charge in [-0.3, -0.25) is 4.72 Å². The minimum atomic E-state index is -4.28. The van der Waals surface area contributed by atoms with Crippen molar-refractivity contribution in [2.45, 2.75) is 29.7 Å². The maximum Gasteiger partial charge on any atom is 0.442 e. The minimum absolute atomic E-state index is 0.0256. The Morgan fingerprint density at radius 3 is 2.54 bits per heavy atom. The number of ether oxygens (including phenoxy) is 1. The van der Waals surface area contributed by atoms with E-state index in [9.17, 15) is 22.5 Å². The molecule has 12 nitrogen and oxygen atoms in total. The molecule has 4 aromatic rings. The van der Waals surface area contributed by atoms with E-state index in [0.29, 0.717) is 16.8 Å². The molecule has 0 spiro atoms. The van der Waals surface area contributed by atoms with Crippen LogP contribution in [0.25, 0.3) is 11.1 Å². The molecule has 3 aromatic carbocycles. The van der Waals surface area contributed by atoms with E-state index >= 15 is 4.39 Å². The highest BCUT2D eigenvalue weighted by atomic mass is 35.5. The van der Waals surface area contributed by atoms with E-state index in [4.69, 9.17) is 27.9 Å². The zero-order valence-electron chi connectivity index (χ0n) is 24.6. The molecule has 0 aliphatic rings. The second kappa shape index (κ2) is 14.6. The normalized spacial score (nSPS) is 13.3. The lowest BCUT2D eigenvalue weighted by Crippen LogP contribution is -2.21. The lowest BCUT2D eigenvalue weighted by molar-refractivity contribution is 0.164. The van der Waals surface area contributed by atoms with Crippen LogP contribution in [0.3, 0.4) is 0 Å². The van der Waals surface area contributed by atoms with Crippen LogP contribution >= 0.6 is 23.2 Å². The number of benzene rings is 3. The number of anilines is 4. The summed E-state index contributed by atoms with van der Waals surface area (Å²) in [7, 11) is -7.39. The van der Waals surface area contributed by atoms with Crippen LogP contribution in [0.2, 0.25) is 10.0 Å². The van der Waals surface area contributed by atoms with Crippen LogP contribution in [0.5, 0.6) is 0 Å². The minimum Gasteiger partial charge on any atom is -0.448 e. The van der Waals surface area contributed by atoms with Crippen molar-refractivity contribution in [3.05, 3.63) is 82.7 Å². The highest BCUT2D eigenvalue weighted by molar-refractivity contribution is 7.93. The molecule has 1 unspecified atom stereocenters. The van der Waals surface area contributed by atoms with E-state index in [2.05, 4.69) is 29.7 Å². The molecule has 0 fully saturated rings. The van der Waals surface area contributed by atoms with Crippen molar-refractivity contribution in [2.75, 3.05) is 34.8 Å². The number of sulfonamides is 1. The van der Waals surface area contributed by atoms with Crippen molar-refractivity contribution < 1.29 is 31.7 Å². The van der Waals surface area contributed by atoms with Crippen molar-refractivity contribution in [2.24, 2.45) is 4.36 Å². The molecular weight excluding hydrogens is 682 g/mol. The molecule has 4 rings (SSSR count). The van der Waals surface area contributed by atoms with Gasteiger partial charge in [-0.05, 0) is 61.9 Å². The van der Waals surface area contributed by atoms with Crippen molar-refractivity contribution in [3.63, 3.8) is 0 Å². The smallest absolute Gasteiger partial charge is 0.442 e. The average molecular weight is 712 g/mol. The predicted molar refractivity (Wildman–Crippen MR) is 176 cm³/mol. The first-order chi connectivity index (χ1) is 21.7. The van der Waals surface area contributed by atoms with Crippen LogP contribution in [-0.4, -0.2) is 59.3 Å². The standard InChI is InChI=1S/C29H29Cl2FN6O6S2/c1-4-44-29(40)38-45(3,41)20-8-5-7-19(14-20)35-28-33-15-21(27(36-28)34-17(2)16-39)18-11-12-24(23(32)13-18)37-46(42,43)25-10-6-9-22(30)26(25)31/h5-15,17,37,39H,4,16H2,1-3H3,(H2,33,34,35,36)/t17-,45?/m1/s1. The highest BCUT2D eigenvalue weighted by Crippen LogP contribution is 2.33. The summed E-state index contributed by atoms with van der Waals surface area (Å²) < 4.78 is 64.8. The topological polar surface area (TPSA) is 172 Å². The van der Waals surface area contributed by atoms with Crippen LogP contribution in [0.1, 0.15) is 13.8 Å². The summed E-state index contributed by atoms with van der Waals surface area (Å²) in [6, 6.07) is 13.8. The van der Waals surface area contributed by atoms with E-state index in [-0.39, 0.29) is 50.5 Å². The van der Waals surface area contributed by atoms with Crippen LogP contribution in [0, 0.1) is 5.82 Å². The van der Waals surface area contributed by atoms with Gasteiger partial charge in [0.25, 0.3) is 10.0 Å². The zero-order valence-corrected chi connectivity index (χ0v) is 27.8. The number of hydrogen-bond donors (Lipinski definition) is 4. The number of nitrogens with zero attached hydrogens (tertiary/aromatic N) is 3. The van der Waals surface area contributed by atoms with Gasteiger partial charge in [0.15, 0.2) is 0 Å². The van der Waals surface area contributed by atoms with Crippen molar-refractivity contribution >= 4 is 72.2 Å². The van der Waals surface area contributed by atoms with Gasteiger partial charge in [0.2, 0.25) is 5.95 Å². The fourth-order valence-corrected chi connectivity index (χ4v) is 6.93. The number of nitrogens with one attached hydrogen (secondary N) is 3. The first-order valence-electron chi connectivity index (χ1n) is 13.5. The van der Waals surface area contributed by atoms with Crippen molar-refractivity contribution in [1.82, 2.24) is 9.97 Å². The Morgan fingerprint density at radius 1 is 1.11 bits per heavy atom.